The van der Waals surface area contributed by atoms with Crippen LogP contribution < -0.4 is 26.2 Å². The Kier molecular flexibility index (Phi) is 7.99. The first-order chi connectivity index (χ1) is 27.6. The minimum atomic E-state index is -0.0128. The molecule has 0 N–H and O–H groups in total. The number of anilines is 6. The van der Waals surface area contributed by atoms with Crippen molar-refractivity contribution < 1.29 is 4.42 Å². The van der Waals surface area contributed by atoms with Crippen LogP contribution in [0.5, 0.6) is 0 Å². The van der Waals surface area contributed by atoms with Gasteiger partial charge in [-0.2, -0.15) is 0 Å². The van der Waals surface area contributed by atoms with Crippen LogP contribution in [0.25, 0.3) is 33.1 Å². The fraction of sp³-hybridized carbons (Fsp3) is 0.222. The van der Waals surface area contributed by atoms with Crippen molar-refractivity contribution in [1.82, 2.24) is 0 Å². The average molecular weight is 755 g/mol. The predicted octanol–water partition coefficient (Wildman–Crippen LogP) is 13.2. The Hall–Kier alpha value is -6.00. The molecule has 0 bridgehead atoms. The number of hydrogen-bond donors (Lipinski definition) is 0. The Morgan fingerprint density at radius 2 is 0.931 bits per heavy atom. The van der Waals surface area contributed by atoms with Crippen LogP contribution in [0.3, 0.4) is 0 Å². The van der Waals surface area contributed by atoms with Crippen molar-refractivity contribution in [3.63, 3.8) is 0 Å². The van der Waals surface area contributed by atoms with Gasteiger partial charge in [0, 0.05) is 44.9 Å². The van der Waals surface area contributed by atoms with Crippen LogP contribution in [-0.2, 0) is 16.2 Å². The SMILES string of the molecule is CC(C)(C)c1ccc(N2c3ccc(C(C)(C)C)cc3B3c4cc(C(C)(C)C)ccc4N(c4cccc(-c5ccc6oc7ccccc7c6c5)c4)c4cccc2c43)cc1. The van der Waals surface area contributed by atoms with Gasteiger partial charge in [0.05, 0.1) is 0 Å². The molecular formula is C54H51BN2O. The lowest BCUT2D eigenvalue weighted by Crippen LogP contribution is -2.61. The third kappa shape index (κ3) is 5.79. The summed E-state index contributed by atoms with van der Waals surface area (Å²) in [6.07, 6.45) is 0. The summed E-state index contributed by atoms with van der Waals surface area (Å²) in [5.74, 6) is 0. The maximum Gasteiger partial charge on any atom is 0.252 e. The van der Waals surface area contributed by atoms with Crippen LogP contribution >= 0.6 is 0 Å². The van der Waals surface area contributed by atoms with Gasteiger partial charge in [0.15, 0.2) is 0 Å². The molecule has 0 fully saturated rings. The summed E-state index contributed by atoms with van der Waals surface area (Å²) in [5.41, 5.74) is 19.5. The molecule has 2 aliphatic rings. The molecule has 4 heteroatoms. The second kappa shape index (κ2) is 12.8. The first-order valence-corrected chi connectivity index (χ1v) is 20.8. The standard InChI is InChI=1S/C54H51BN2O/c1-52(2,3)36-21-25-39(26-22-36)56-45-27-23-37(53(4,5)6)32-43(45)55-44-33-38(54(7,8)9)24-28-46(44)57(48-18-13-17-47(56)51(48)55)40-15-12-14-34(30-40)35-20-29-50-42(31-35)41-16-10-11-19-49(41)58-50/h10-33H,1-9H3. The number of rotatable bonds is 3. The molecule has 7 aromatic carbocycles. The van der Waals surface area contributed by atoms with Gasteiger partial charge in [0.1, 0.15) is 11.2 Å². The molecule has 2 aliphatic heterocycles. The van der Waals surface area contributed by atoms with Crippen molar-refractivity contribution in [2.45, 2.75) is 78.6 Å². The summed E-state index contributed by atoms with van der Waals surface area (Å²) in [5, 5.41) is 2.28. The van der Waals surface area contributed by atoms with E-state index >= 15 is 0 Å². The molecule has 8 aromatic rings. The molecule has 3 nitrogen and oxygen atoms in total. The quantitative estimate of drug-likeness (QED) is 0.168. The van der Waals surface area contributed by atoms with Gasteiger partial charge in [0.25, 0.3) is 6.71 Å². The van der Waals surface area contributed by atoms with Crippen molar-refractivity contribution in [3.8, 4) is 11.1 Å². The van der Waals surface area contributed by atoms with Gasteiger partial charge in [-0.1, -0.05) is 141 Å². The third-order valence-electron chi connectivity index (χ3n) is 12.5. The van der Waals surface area contributed by atoms with Crippen molar-refractivity contribution in [2.24, 2.45) is 0 Å². The fourth-order valence-corrected chi connectivity index (χ4v) is 9.27. The Morgan fingerprint density at radius 3 is 1.55 bits per heavy atom. The van der Waals surface area contributed by atoms with Gasteiger partial charge in [-0.15, -0.1) is 0 Å². The molecule has 0 unspecified atom stereocenters. The van der Waals surface area contributed by atoms with E-state index in [9.17, 15) is 0 Å². The third-order valence-corrected chi connectivity index (χ3v) is 12.5. The molecule has 3 heterocycles. The smallest absolute Gasteiger partial charge is 0.252 e. The molecule has 58 heavy (non-hydrogen) atoms. The van der Waals surface area contributed by atoms with Gasteiger partial charge in [0.2, 0.25) is 0 Å². The topological polar surface area (TPSA) is 19.6 Å². The molecule has 0 aliphatic carbocycles. The lowest BCUT2D eigenvalue weighted by Gasteiger charge is -2.45. The van der Waals surface area contributed by atoms with Crippen molar-refractivity contribution in [1.29, 1.82) is 0 Å². The van der Waals surface area contributed by atoms with E-state index in [1.54, 1.807) is 0 Å². The van der Waals surface area contributed by atoms with Crippen molar-refractivity contribution in [2.75, 3.05) is 9.80 Å². The minimum absolute atomic E-state index is 0.00297. The Labute approximate surface area is 344 Å². The molecule has 286 valence electrons. The van der Waals surface area contributed by atoms with Crippen LogP contribution in [0.4, 0.5) is 34.1 Å². The predicted molar refractivity (Wildman–Crippen MR) is 249 cm³/mol. The number of hydrogen-bond acceptors (Lipinski definition) is 3. The van der Waals surface area contributed by atoms with E-state index in [2.05, 4.69) is 206 Å². The van der Waals surface area contributed by atoms with Gasteiger partial charge in [-0.3, -0.25) is 0 Å². The molecule has 0 radical (unpaired) electrons. The molecule has 1 aromatic heterocycles. The first kappa shape index (κ1) is 36.4. The fourth-order valence-electron chi connectivity index (χ4n) is 9.27. The zero-order valence-corrected chi connectivity index (χ0v) is 35.2. The number of nitrogens with zero attached hydrogens (tertiary/aromatic N) is 2. The highest BCUT2D eigenvalue weighted by molar-refractivity contribution is 7.00. The normalized spacial score (nSPS) is 13.8. The van der Waals surface area contributed by atoms with E-state index < -0.39 is 0 Å². The Balaban J connectivity index is 1.21. The summed E-state index contributed by atoms with van der Waals surface area (Å²) in [7, 11) is 0. The van der Waals surface area contributed by atoms with E-state index in [0.717, 1.165) is 27.6 Å². The summed E-state index contributed by atoms with van der Waals surface area (Å²) < 4.78 is 6.21. The maximum atomic E-state index is 6.21. The van der Waals surface area contributed by atoms with Crippen LogP contribution in [0, 0.1) is 0 Å². The number of furan rings is 1. The largest absolute Gasteiger partial charge is 0.456 e. The zero-order valence-electron chi connectivity index (χ0n) is 35.2. The average Bonchev–Trinajstić information content (AvgIpc) is 3.57. The lowest BCUT2D eigenvalue weighted by molar-refractivity contribution is 0.590. The zero-order chi connectivity index (χ0) is 40.3. The lowest BCUT2D eigenvalue weighted by atomic mass is 9.33. The molecule has 10 rings (SSSR count). The Morgan fingerprint density at radius 1 is 0.397 bits per heavy atom. The first-order valence-electron chi connectivity index (χ1n) is 20.8. The highest BCUT2D eigenvalue weighted by Gasteiger charge is 2.44. The van der Waals surface area contributed by atoms with E-state index in [0.29, 0.717) is 0 Å². The molecule has 0 spiro atoms. The number of fused-ring (bicyclic) bond motifs is 7. The van der Waals surface area contributed by atoms with Crippen molar-refractivity contribution >= 4 is 79.2 Å². The number of para-hydroxylation sites is 1. The highest BCUT2D eigenvalue weighted by Crippen LogP contribution is 2.46. The van der Waals surface area contributed by atoms with Crippen LogP contribution in [0.1, 0.15) is 79.0 Å². The van der Waals surface area contributed by atoms with Crippen LogP contribution in [-0.4, -0.2) is 6.71 Å². The van der Waals surface area contributed by atoms with Gasteiger partial charge < -0.3 is 14.2 Å². The molecular weight excluding hydrogens is 703 g/mol. The Bertz CT molecular complexity index is 2920. The van der Waals surface area contributed by atoms with Gasteiger partial charge in [-0.25, -0.2) is 0 Å². The van der Waals surface area contributed by atoms with Gasteiger partial charge >= 0.3 is 0 Å². The highest BCUT2D eigenvalue weighted by atomic mass is 16.3. The second-order valence-corrected chi connectivity index (χ2v) is 19.5. The van der Waals surface area contributed by atoms with Crippen LogP contribution in [0.15, 0.2) is 150 Å². The van der Waals surface area contributed by atoms with E-state index in [4.69, 9.17) is 4.42 Å². The minimum Gasteiger partial charge on any atom is -0.456 e. The summed E-state index contributed by atoms with van der Waals surface area (Å²) >= 11 is 0. The van der Waals surface area contributed by atoms with E-state index in [-0.39, 0.29) is 23.0 Å². The molecule has 0 amide bonds. The van der Waals surface area contributed by atoms with E-state index in [1.807, 2.05) is 12.1 Å². The summed E-state index contributed by atoms with van der Waals surface area (Å²) in [6, 6.07) is 54.6. The maximum absolute atomic E-state index is 6.21. The summed E-state index contributed by atoms with van der Waals surface area (Å²) in [6.45, 7) is 20.9. The number of benzene rings is 7. The second-order valence-electron chi connectivity index (χ2n) is 19.5. The van der Waals surface area contributed by atoms with Gasteiger partial charge in [-0.05, 0) is 127 Å². The molecule has 0 atom stereocenters. The molecule has 0 saturated heterocycles. The van der Waals surface area contributed by atoms with Crippen molar-refractivity contribution in [3.05, 3.63) is 162 Å². The molecule has 0 saturated carbocycles. The monoisotopic (exact) mass is 754 g/mol. The van der Waals surface area contributed by atoms with Crippen LogP contribution in [0.2, 0.25) is 0 Å². The van der Waals surface area contributed by atoms with E-state index in [1.165, 1.54) is 72.6 Å². The summed E-state index contributed by atoms with van der Waals surface area (Å²) in [4.78, 5) is 5.03.